The molecule has 4 nitrogen and oxygen atoms in total. The average Bonchev–Trinajstić information content (AvgIpc) is 2.30. The first-order valence-corrected chi connectivity index (χ1v) is 6.11. The molecule has 0 spiro atoms. The van der Waals surface area contributed by atoms with Crippen LogP contribution in [0.2, 0.25) is 0 Å². The fourth-order valence-corrected chi connectivity index (χ4v) is 1.59. The molecule has 0 fully saturated rings. The highest BCUT2D eigenvalue weighted by Crippen LogP contribution is 2.16. The van der Waals surface area contributed by atoms with E-state index < -0.39 is 5.97 Å². The van der Waals surface area contributed by atoms with E-state index in [1.165, 1.54) is 0 Å². The van der Waals surface area contributed by atoms with Gasteiger partial charge in [-0.1, -0.05) is 12.1 Å². The zero-order chi connectivity index (χ0) is 12.7. The smallest absolute Gasteiger partial charge is 0.330 e. The van der Waals surface area contributed by atoms with Crippen molar-refractivity contribution in [1.82, 2.24) is 0 Å². The standard InChI is InChI=1S/C12H12INO3/c1-2-17-12(16)8-7-11(15)14-10-6-4-3-5-9(10)13/h3-8H,2H2,1H3,(H,14,15). The Balaban J connectivity index is 2.56. The van der Waals surface area contributed by atoms with Crippen LogP contribution in [0.25, 0.3) is 0 Å². The van der Waals surface area contributed by atoms with Gasteiger partial charge in [0.1, 0.15) is 0 Å². The van der Waals surface area contributed by atoms with Crippen LogP contribution in [0.4, 0.5) is 5.69 Å². The average molecular weight is 345 g/mol. The molecular weight excluding hydrogens is 333 g/mol. The Hall–Kier alpha value is -1.37. The van der Waals surface area contributed by atoms with Crippen LogP contribution in [0, 0.1) is 3.57 Å². The lowest BCUT2D eigenvalue weighted by atomic mass is 10.3. The Bertz CT molecular complexity index is 443. The van der Waals surface area contributed by atoms with E-state index in [0.717, 1.165) is 15.7 Å². The molecule has 0 bridgehead atoms. The third-order valence-electron chi connectivity index (χ3n) is 1.79. The second-order valence-corrected chi connectivity index (χ2v) is 4.22. The summed E-state index contributed by atoms with van der Waals surface area (Å²) in [6.45, 7) is 2.00. The quantitative estimate of drug-likeness (QED) is 0.518. The molecular formula is C12H12INO3. The minimum atomic E-state index is -0.523. The molecule has 0 aliphatic heterocycles. The number of hydrogen-bond acceptors (Lipinski definition) is 3. The van der Waals surface area contributed by atoms with Crippen molar-refractivity contribution in [3.8, 4) is 0 Å². The van der Waals surface area contributed by atoms with Gasteiger partial charge in [0.05, 0.1) is 12.3 Å². The molecule has 0 saturated heterocycles. The molecule has 1 aromatic carbocycles. The van der Waals surface area contributed by atoms with E-state index in [1.54, 1.807) is 13.0 Å². The fraction of sp³-hybridized carbons (Fsp3) is 0.167. The summed E-state index contributed by atoms with van der Waals surface area (Å²) in [6.07, 6.45) is 2.26. The highest BCUT2D eigenvalue weighted by atomic mass is 127. The molecule has 0 aliphatic rings. The first-order chi connectivity index (χ1) is 8.13. The lowest BCUT2D eigenvalue weighted by Gasteiger charge is -2.03. The number of para-hydroxylation sites is 1. The Morgan fingerprint density at radius 2 is 2.06 bits per heavy atom. The molecule has 1 rings (SSSR count). The zero-order valence-electron chi connectivity index (χ0n) is 9.27. The number of amides is 1. The van der Waals surface area contributed by atoms with E-state index >= 15 is 0 Å². The number of carbonyl (C=O) groups excluding carboxylic acids is 2. The molecule has 0 aromatic heterocycles. The van der Waals surface area contributed by atoms with E-state index in [1.807, 2.05) is 18.2 Å². The van der Waals surface area contributed by atoms with Gasteiger partial charge < -0.3 is 10.1 Å². The first-order valence-electron chi connectivity index (χ1n) is 5.04. The summed E-state index contributed by atoms with van der Waals surface area (Å²) in [7, 11) is 0. The van der Waals surface area contributed by atoms with E-state index in [-0.39, 0.29) is 5.91 Å². The van der Waals surface area contributed by atoms with Crippen LogP contribution in [0.5, 0.6) is 0 Å². The molecule has 0 saturated carbocycles. The van der Waals surface area contributed by atoms with Crippen molar-refractivity contribution in [3.05, 3.63) is 40.0 Å². The fourth-order valence-electron chi connectivity index (χ4n) is 1.07. The topological polar surface area (TPSA) is 55.4 Å². The van der Waals surface area contributed by atoms with Crippen molar-refractivity contribution in [2.75, 3.05) is 11.9 Å². The summed E-state index contributed by atoms with van der Waals surface area (Å²) in [5.41, 5.74) is 0.714. The largest absolute Gasteiger partial charge is 0.463 e. The van der Waals surface area contributed by atoms with E-state index in [0.29, 0.717) is 12.3 Å². The molecule has 1 aromatic rings. The number of rotatable bonds is 4. The molecule has 1 N–H and O–H groups in total. The molecule has 17 heavy (non-hydrogen) atoms. The summed E-state index contributed by atoms with van der Waals surface area (Å²) >= 11 is 2.12. The van der Waals surface area contributed by atoms with Crippen LogP contribution in [-0.4, -0.2) is 18.5 Å². The Labute approximate surface area is 113 Å². The van der Waals surface area contributed by atoms with Gasteiger partial charge in [-0.25, -0.2) is 4.79 Å². The first kappa shape index (κ1) is 13.7. The van der Waals surface area contributed by atoms with Gasteiger partial charge in [0, 0.05) is 15.7 Å². The maximum atomic E-state index is 11.5. The van der Waals surface area contributed by atoms with Crippen LogP contribution in [0.15, 0.2) is 36.4 Å². The van der Waals surface area contributed by atoms with Crippen LogP contribution >= 0.6 is 22.6 Å². The van der Waals surface area contributed by atoms with Crippen molar-refractivity contribution in [3.63, 3.8) is 0 Å². The molecule has 0 unspecified atom stereocenters. The van der Waals surface area contributed by atoms with Crippen molar-refractivity contribution in [1.29, 1.82) is 0 Å². The van der Waals surface area contributed by atoms with E-state index in [2.05, 4.69) is 32.6 Å². The molecule has 0 atom stereocenters. The van der Waals surface area contributed by atoms with Crippen LogP contribution in [-0.2, 0) is 14.3 Å². The highest BCUT2D eigenvalue weighted by molar-refractivity contribution is 14.1. The van der Waals surface area contributed by atoms with Crippen molar-refractivity contribution >= 4 is 40.2 Å². The second kappa shape index (κ2) is 7.05. The van der Waals surface area contributed by atoms with Gasteiger partial charge in [-0.15, -0.1) is 0 Å². The van der Waals surface area contributed by atoms with Gasteiger partial charge >= 0.3 is 5.97 Å². The van der Waals surface area contributed by atoms with Crippen LogP contribution in [0.3, 0.4) is 0 Å². The van der Waals surface area contributed by atoms with Crippen LogP contribution in [0.1, 0.15) is 6.92 Å². The predicted octanol–water partition coefficient (Wildman–Crippen LogP) is 2.35. The number of benzene rings is 1. The van der Waals surface area contributed by atoms with Gasteiger partial charge in [0.15, 0.2) is 0 Å². The summed E-state index contributed by atoms with van der Waals surface area (Å²) in [6, 6.07) is 7.38. The zero-order valence-corrected chi connectivity index (χ0v) is 11.4. The van der Waals surface area contributed by atoms with Gasteiger partial charge in [0.2, 0.25) is 5.91 Å². The minimum Gasteiger partial charge on any atom is -0.463 e. The SMILES string of the molecule is CCOC(=O)C=CC(=O)Nc1ccccc1I. The van der Waals surface area contributed by atoms with Gasteiger partial charge in [-0.3, -0.25) is 4.79 Å². The van der Waals surface area contributed by atoms with Crippen molar-refractivity contribution < 1.29 is 14.3 Å². The number of ether oxygens (including phenoxy) is 1. The lowest BCUT2D eigenvalue weighted by molar-refractivity contribution is -0.137. The molecule has 0 heterocycles. The third-order valence-corrected chi connectivity index (χ3v) is 2.73. The van der Waals surface area contributed by atoms with Gasteiger partial charge in [-0.2, -0.15) is 0 Å². The molecule has 1 amide bonds. The Kier molecular flexibility index (Phi) is 5.68. The van der Waals surface area contributed by atoms with E-state index in [4.69, 9.17) is 0 Å². The normalized spacial score (nSPS) is 10.2. The van der Waals surface area contributed by atoms with Crippen molar-refractivity contribution in [2.45, 2.75) is 6.92 Å². The second-order valence-electron chi connectivity index (χ2n) is 3.05. The maximum Gasteiger partial charge on any atom is 0.330 e. The number of esters is 1. The number of hydrogen-bond donors (Lipinski definition) is 1. The predicted molar refractivity (Wildman–Crippen MR) is 73.6 cm³/mol. The van der Waals surface area contributed by atoms with E-state index in [9.17, 15) is 9.59 Å². The number of anilines is 1. The molecule has 0 aliphatic carbocycles. The maximum absolute atomic E-state index is 11.5. The molecule has 5 heteroatoms. The van der Waals surface area contributed by atoms with Crippen LogP contribution < -0.4 is 5.32 Å². The number of carbonyl (C=O) groups is 2. The van der Waals surface area contributed by atoms with Crippen molar-refractivity contribution in [2.24, 2.45) is 0 Å². The summed E-state index contributed by atoms with van der Waals surface area (Å²) in [4.78, 5) is 22.4. The monoisotopic (exact) mass is 345 g/mol. The number of nitrogens with one attached hydrogen (secondary N) is 1. The molecule has 0 radical (unpaired) electrons. The lowest BCUT2D eigenvalue weighted by Crippen LogP contribution is -2.10. The number of halogens is 1. The highest BCUT2D eigenvalue weighted by Gasteiger charge is 2.02. The molecule has 90 valence electrons. The summed E-state index contributed by atoms with van der Waals surface area (Å²) in [5, 5.41) is 2.67. The summed E-state index contributed by atoms with van der Waals surface area (Å²) in [5.74, 6) is -0.882. The Morgan fingerprint density at radius 1 is 1.35 bits per heavy atom. The van der Waals surface area contributed by atoms with Gasteiger partial charge in [-0.05, 0) is 41.6 Å². The van der Waals surface area contributed by atoms with Gasteiger partial charge in [0.25, 0.3) is 0 Å². The third kappa shape index (κ3) is 4.99. The Morgan fingerprint density at radius 3 is 2.71 bits per heavy atom. The minimum absolute atomic E-state index is 0.293. The summed E-state index contributed by atoms with van der Waals surface area (Å²) < 4.78 is 5.59.